The summed E-state index contributed by atoms with van der Waals surface area (Å²) in [6.07, 6.45) is 1.78. The van der Waals surface area contributed by atoms with E-state index >= 15 is 0 Å². The van der Waals surface area contributed by atoms with Gasteiger partial charge in [-0.1, -0.05) is 26.0 Å². The smallest absolute Gasteiger partial charge is 0.0724 e. The molecule has 0 aliphatic heterocycles. The van der Waals surface area contributed by atoms with Crippen LogP contribution in [0.1, 0.15) is 25.3 Å². The van der Waals surface area contributed by atoms with Gasteiger partial charge in [-0.25, -0.2) is 0 Å². The molecule has 3 nitrogen and oxygen atoms in total. The molecule has 0 saturated heterocycles. The van der Waals surface area contributed by atoms with E-state index in [1.165, 1.54) is 5.56 Å². The zero-order valence-corrected chi connectivity index (χ0v) is 12.3. The molecule has 0 aliphatic carbocycles. The van der Waals surface area contributed by atoms with Gasteiger partial charge in [0.25, 0.3) is 0 Å². The fraction of sp³-hybridized carbons (Fsp3) is 0.167. The van der Waals surface area contributed by atoms with E-state index in [9.17, 15) is 0 Å². The highest BCUT2D eigenvalue weighted by molar-refractivity contribution is 5.97. The Morgan fingerprint density at radius 2 is 1.76 bits per heavy atom. The summed E-state index contributed by atoms with van der Waals surface area (Å²) in [5.41, 5.74) is 11.2. The second-order valence-corrected chi connectivity index (χ2v) is 5.50. The summed E-state index contributed by atoms with van der Waals surface area (Å²) in [5.74, 6) is 0.538. The molecule has 0 atom stereocenters. The lowest BCUT2D eigenvalue weighted by Crippen LogP contribution is -1.98. The van der Waals surface area contributed by atoms with Crippen molar-refractivity contribution in [1.29, 1.82) is 0 Å². The lowest BCUT2D eigenvalue weighted by molar-refractivity contribution is 0.867. The molecule has 0 radical (unpaired) electrons. The van der Waals surface area contributed by atoms with Gasteiger partial charge in [0, 0.05) is 17.3 Å². The molecular formula is C18H19N3. The molecule has 0 amide bonds. The predicted octanol–water partition coefficient (Wildman–Crippen LogP) is 4.68. The summed E-state index contributed by atoms with van der Waals surface area (Å²) in [5, 5.41) is 4.35. The highest BCUT2D eigenvalue weighted by Crippen LogP contribution is 2.30. The van der Waals surface area contributed by atoms with Gasteiger partial charge < -0.3 is 11.1 Å². The van der Waals surface area contributed by atoms with Crippen LogP contribution in [0.5, 0.6) is 0 Å². The minimum Gasteiger partial charge on any atom is -0.396 e. The Morgan fingerprint density at radius 1 is 1.00 bits per heavy atom. The Labute approximate surface area is 124 Å². The van der Waals surface area contributed by atoms with Crippen molar-refractivity contribution in [2.75, 3.05) is 11.1 Å². The van der Waals surface area contributed by atoms with Crippen molar-refractivity contribution >= 4 is 28.0 Å². The minimum atomic E-state index is 0.538. The first-order valence-corrected chi connectivity index (χ1v) is 7.15. The number of nitrogens with zero attached hydrogens (tertiary/aromatic N) is 1. The first-order valence-electron chi connectivity index (χ1n) is 7.15. The normalized spacial score (nSPS) is 11.0. The van der Waals surface area contributed by atoms with E-state index in [1.807, 2.05) is 24.3 Å². The highest BCUT2D eigenvalue weighted by Gasteiger charge is 2.05. The van der Waals surface area contributed by atoms with E-state index in [4.69, 9.17) is 5.73 Å². The van der Waals surface area contributed by atoms with Gasteiger partial charge >= 0.3 is 0 Å². The molecule has 106 valence electrons. The minimum absolute atomic E-state index is 0.538. The second-order valence-electron chi connectivity index (χ2n) is 5.50. The molecule has 3 rings (SSSR count). The van der Waals surface area contributed by atoms with E-state index < -0.39 is 0 Å². The van der Waals surface area contributed by atoms with Gasteiger partial charge in [0.2, 0.25) is 0 Å². The molecule has 3 N–H and O–H groups in total. The number of rotatable bonds is 3. The summed E-state index contributed by atoms with van der Waals surface area (Å²) < 4.78 is 0. The largest absolute Gasteiger partial charge is 0.396 e. The van der Waals surface area contributed by atoms with Crippen LogP contribution in [0.3, 0.4) is 0 Å². The van der Waals surface area contributed by atoms with Crippen LogP contribution < -0.4 is 11.1 Å². The average molecular weight is 277 g/mol. The monoisotopic (exact) mass is 277 g/mol. The van der Waals surface area contributed by atoms with Gasteiger partial charge in [0.15, 0.2) is 0 Å². The number of nitrogen functional groups attached to an aromatic ring is 1. The zero-order valence-electron chi connectivity index (χ0n) is 12.3. The number of nitrogens with one attached hydrogen (secondary N) is 1. The Morgan fingerprint density at radius 3 is 2.48 bits per heavy atom. The predicted molar refractivity (Wildman–Crippen MR) is 90.0 cm³/mol. The number of hydrogen-bond acceptors (Lipinski definition) is 3. The zero-order chi connectivity index (χ0) is 14.8. The molecule has 1 heterocycles. The first-order chi connectivity index (χ1) is 10.1. The fourth-order valence-corrected chi connectivity index (χ4v) is 2.39. The van der Waals surface area contributed by atoms with E-state index in [-0.39, 0.29) is 0 Å². The Hall–Kier alpha value is -2.55. The van der Waals surface area contributed by atoms with E-state index in [0.29, 0.717) is 5.92 Å². The third kappa shape index (κ3) is 2.68. The standard InChI is InChI=1S/C18H19N3/c1-12(2)13-5-7-14(8-6-13)21-17-10-9-16-15(18(17)19)4-3-11-20-16/h3-12,21H,19H2,1-2H3. The van der Waals surface area contributed by atoms with Gasteiger partial charge in [0.05, 0.1) is 16.9 Å². The van der Waals surface area contributed by atoms with E-state index in [2.05, 4.69) is 48.4 Å². The molecule has 2 aromatic carbocycles. The molecular weight excluding hydrogens is 258 g/mol. The number of fused-ring (bicyclic) bond motifs is 1. The molecule has 0 fully saturated rings. The van der Waals surface area contributed by atoms with Crippen molar-refractivity contribution in [2.45, 2.75) is 19.8 Å². The van der Waals surface area contributed by atoms with Crippen LogP contribution in [0.15, 0.2) is 54.7 Å². The van der Waals surface area contributed by atoms with Gasteiger partial charge in [0.1, 0.15) is 0 Å². The number of benzene rings is 2. The number of aromatic nitrogens is 1. The van der Waals surface area contributed by atoms with Crippen molar-refractivity contribution in [3.8, 4) is 0 Å². The number of anilines is 3. The third-order valence-corrected chi connectivity index (χ3v) is 3.68. The van der Waals surface area contributed by atoms with Crippen LogP contribution in [0.25, 0.3) is 10.9 Å². The summed E-state index contributed by atoms with van der Waals surface area (Å²) in [6, 6.07) is 16.3. The molecule has 0 bridgehead atoms. The summed E-state index contributed by atoms with van der Waals surface area (Å²) in [4.78, 5) is 4.31. The SMILES string of the molecule is CC(C)c1ccc(Nc2ccc3ncccc3c2N)cc1. The molecule has 0 unspecified atom stereocenters. The fourth-order valence-electron chi connectivity index (χ4n) is 2.39. The van der Waals surface area contributed by atoms with Crippen LogP contribution in [-0.2, 0) is 0 Å². The molecule has 0 saturated carbocycles. The van der Waals surface area contributed by atoms with Crippen molar-refractivity contribution < 1.29 is 0 Å². The van der Waals surface area contributed by atoms with E-state index in [1.54, 1.807) is 6.20 Å². The van der Waals surface area contributed by atoms with Gasteiger partial charge in [-0.15, -0.1) is 0 Å². The highest BCUT2D eigenvalue weighted by atomic mass is 14.9. The maximum absolute atomic E-state index is 6.24. The topological polar surface area (TPSA) is 50.9 Å². The second kappa shape index (κ2) is 5.44. The van der Waals surface area contributed by atoms with Crippen LogP contribution >= 0.6 is 0 Å². The maximum Gasteiger partial charge on any atom is 0.0724 e. The van der Waals surface area contributed by atoms with Crippen LogP contribution in [-0.4, -0.2) is 4.98 Å². The lowest BCUT2D eigenvalue weighted by Gasteiger charge is -2.12. The van der Waals surface area contributed by atoms with Crippen molar-refractivity contribution in [3.63, 3.8) is 0 Å². The molecule has 3 aromatic rings. The Bertz CT molecular complexity index is 761. The number of hydrogen-bond donors (Lipinski definition) is 2. The quantitative estimate of drug-likeness (QED) is 0.683. The number of nitrogens with two attached hydrogens (primary N) is 1. The molecule has 3 heteroatoms. The molecule has 1 aromatic heterocycles. The number of pyridine rings is 1. The van der Waals surface area contributed by atoms with Gasteiger partial charge in [-0.2, -0.15) is 0 Å². The third-order valence-electron chi connectivity index (χ3n) is 3.68. The summed E-state index contributed by atoms with van der Waals surface area (Å²) in [7, 11) is 0. The Kier molecular flexibility index (Phi) is 3.48. The lowest BCUT2D eigenvalue weighted by atomic mass is 10.0. The molecule has 0 spiro atoms. The first kappa shape index (κ1) is 13.4. The maximum atomic E-state index is 6.24. The van der Waals surface area contributed by atoms with Gasteiger partial charge in [-0.05, 0) is 47.9 Å². The summed E-state index contributed by atoms with van der Waals surface area (Å²) >= 11 is 0. The van der Waals surface area contributed by atoms with E-state index in [0.717, 1.165) is 28.0 Å². The van der Waals surface area contributed by atoms with Crippen molar-refractivity contribution in [1.82, 2.24) is 4.98 Å². The average Bonchev–Trinajstić information content (AvgIpc) is 2.51. The van der Waals surface area contributed by atoms with Crippen molar-refractivity contribution in [3.05, 3.63) is 60.3 Å². The van der Waals surface area contributed by atoms with Crippen LogP contribution in [0, 0.1) is 0 Å². The van der Waals surface area contributed by atoms with Crippen LogP contribution in [0.2, 0.25) is 0 Å². The Balaban J connectivity index is 1.92. The molecule has 21 heavy (non-hydrogen) atoms. The van der Waals surface area contributed by atoms with Crippen LogP contribution in [0.4, 0.5) is 17.1 Å². The van der Waals surface area contributed by atoms with Gasteiger partial charge in [-0.3, -0.25) is 4.98 Å². The molecule has 0 aliphatic rings. The summed E-state index contributed by atoms with van der Waals surface area (Å²) in [6.45, 7) is 4.38. The van der Waals surface area contributed by atoms with Crippen molar-refractivity contribution in [2.24, 2.45) is 0 Å².